The summed E-state index contributed by atoms with van der Waals surface area (Å²) in [6.45, 7) is 6.20. The van der Waals surface area contributed by atoms with Gasteiger partial charge < -0.3 is 19.7 Å². The van der Waals surface area contributed by atoms with Gasteiger partial charge in [0.15, 0.2) is 0 Å². The Balaban J connectivity index is 1.74. The molecule has 5 heteroatoms. The number of carbonyl (C=O) groups is 1. The topological polar surface area (TPSA) is 50.8 Å². The number of nitrogens with zero attached hydrogens (tertiary/aromatic N) is 1. The molecule has 1 heterocycles. The fourth-order valence-electron chi connectivity index (χ4n) is 4.24. The summed E-state index contributed by atoms with van der Waals surface area (Å²) in [4.78, 5) is 14.7. The van der Waals surface area contributed by atoms with Gasteiger partial charge in [0.1, 0.15) is 5.75 Å². The molecule has 2 amide bonds. The Labute approximate surface area is 174 Å². The molecule has 0 aliphatic carbocycles. The number of urea groups is 1. The van der Waals surface area contributed by atoms with Crippen LogP contribution in [-0.2, 0) is 10.2 Å². The van der Waals surface area contributed by atoms with Crippen LogP contribution < -0.4 is 10.1 Å². The van der Waals surface area contributed by atoms with Crippen molar-refractivity contribution in [1.29, 1.82) is 0 Å². The van der Waals surface area contributed by atoms with E-state index in [0.717, 1.165) is 37.4 Å². The van der Waals surface area contributed by atoms with Crippen molar-refractivity contribution in [2.45, 2.75) is 38.1 Å². The normalized spacial score (nSPS) is 16.7. The zero-order valence-electron chi connectivity index (χ0n) is 17.9. The Morgan fingerprint density at radius 1 is 1.17 bits per heavy atom. The van der Waals surface area contributed by atoms with E-state index in [4.69, 9.17) is 9.47 Å². The number of nitrogens with one attached hydrogen (secondary N) is 1. The van der Waals surface area contributed by atoms with E-state index in [0.29, 0.717) is 6.54 Å². The van der Waals surface area contributed by atoms with E-state index < -0.39 is 0 Å². The molecule has 1 atom stereocenters. The van der Waals surface area contributed by atoms with Gasteiger partial charge in [-0.2, -0.15) is 0 Å². The first-order valence-corrected chi connectivity index (χ1v) is 10.3. The maximum Gasteiger partial charge on any atom is 0.317 e. The largest absolute Gasteiger partial charge is 0.496 e. The highest BCUT2D eigenvalue weighted by Crippen LogP contribution is 2.36. The van der Waals surface area contributed by atoms with Gasteiger partial charge in [-0.25, -0.2) is 4.79 Å². The number of para-hydroxylation sites is 1. The molecule has 1 N–H and O–H groups in total. The molecule has 0 bridgehead atoms. The SMILES string of the molecule is COc1ccccc1C(C)N(C)C(=O)NCC1(c2ccccc2C)CCOCC1. The second-order valence-electron chi connectivity index (χ2n) is 7.90. The minimum Gasteiger partial charge on any atom is -0.496 e. The van der Waals surface area contributed by atoms with Gasteiger partial charge in [-0.15, -0.1) is 0 Å². The first-order chi connectivity index (χ1) is 14.0. The van der Waals surface area contributed by atoms with Crippen molar-refractivity contribution in [2.75, 3.05) is 33.9 Å². The minimum atomic E-state index is -0.102. The fraction of sp³-hybridized carbons (Fsp3) is 0.458. The first-order valence-electron chi connectivity index (χ1n) is 10.3. The molecule has 2 aromatic rings. The highest BCUT2D eigenvalue weighted by molar-refractivity contribution is 5.74. The van der Waals surface area contributed by atoms with Crippen molar-refractivity contribution in [2.24, 2.45) is 0 Å². The zero-order chi connectivity index (χ0) is 20.9. The van der Waals surface area contributed by atoms with Gasteiger partial charge >= 0.3 is 6.03 Å². The Bertz CT molecular complexity index is 830. The van der Waals surface area contributed by atoms with Gasteiger partial charge in [0.2, 0.25) is 0 Å². The summed E-state index contributed by atoms with van der Waals surface area (Å²) < 4.78 is 11.1. The summed E-state index contributed by atoms with van der Waals surface area (Å²) in [5, 5.41) is 3.20. The van der Waals surface area contributed by atoms with Crippen LogP contribution in [0.3, 0.4) is 0 Å². The van der Waals surface area contributed by atoms with Crippen LogP contribution in [0.15, 0.2) is 48.5 Å². The van der Waals surface area contributed by atoms with Crippen LogP contribution in [0, 0.1) is 6.92 Å². The monoisotopic (exact) mass is 396 g/mol. The lowest BCUT2D eigenvalue weighted by Gasteiger charge is -2.39. The van der Waals surface area contributed by atoms with Crippen molar-refractivity contribution in [3.63, 3.8) is 0 Å². The number of benzene rings is 2. The predicted molar refractivity (Wildman–Crippen MR) is 115 cm³/mol. The number of rotatable bonds is 6. The van der Waals surface area contributed by atoms with Crippen molar-refractivity contribution in [1.82, 2.24) is 10.2 Å². The van der Waals surface area contributed by atoms with Crippen LogP contribution >= 0.6 is 0 Å². The maximum atomic E-state index is 13.0. The molecule has 3 rings (SSSR count). The number of hydrogen-bond acceptors (Lipinski definition) is 3. The third kappa shape index (κ3) is 4.56. The van der Waals surface area contributed by atoms with Crippen LogP contribution in [0.1, 0.15) is 42.5 Å². The molecule has 156 valence electrons. The van der Waals surface area contributed by atoms with Gasteiger partial charge in [-0.3, -0.25) is 0 Å². The molecule has 0 aromatic heterocycles. The molecule has 1 unspecified atom stereocenters. The standard InChI is InChI=1S/C24H32N2O3/c1-18-9-5-7-11-21(18)24(13-15-29-16-14-24)17-25-23(27)26(3)19(2)20-10-6-8-12-22(20)28-4/h5-12,19H,13-17H2,1-4H3,(H,25,27). The maximum absolute atomic E-state index is 13.0. The first kappa shape index (κ1) is 21.2. The molecule has 1 aliphatic heterocycles. The number of ether oxygens (including phenoxy) is 2. The van der Waals surface area contributed by atoms with Crippen LogP contribution in [0.5, 0.6) is 5.75 Å². The summed E-state index contributed by atoms with van der Waals surface area (Å²) in [6, 6.07) is 16.1. The fourth-order valence-corrected chi connectivity index (χ4v) is 4.24. The van der Waals surface area contributed by atoms with E-state index in [-0.39, 0.29) is 17.5 Å². The Morgan fingerprint density at radius 2 is 1.83 bits per heavy atom. The molecule has 1 aliphatic rings. The third-order valence-corrected chi connectivity index (χ3v) is 6.23. The van der Waals surface area contributed by atoms with E-state index in [1.54, 1.807) is 12.0 Å². The molecule has 1 saturated heterocycles. The van der Waals surface area contributed by atoms with Gasteiger partial charge in [-0.1, -0.05) is 42.5 Å². The summed E-state index contributed by atoms with van der Waals surface area (Å²) in [5.41, 5.74) is 3.48. The number of hydrogen-bond donors (Lipinski definition) is 1. The van der Waals surface area contributed by atoms with Crippen molar-refractivity contribution in [3.8, 4) is 5.75 Å². The highest BCUT2D eigenvalue weighted by atomic mass is 16.5. The Kier molecular flexibility index (Phi) is 6.80. The average molecular weight is 397 g/mol. The lowest BCUT2D eigenvalue weighted by Crippen LogP contribution is -2.48. The van der Waals surface area contributed by atoms with Crippen LogP contribution in [0.4, 0.5) is 4.79 Å². The Hall–Kier alpha value is -2.53. The number of amides is 2. The zero-order valence-corrected chi connectivity index (χ0v) is 17.9. The summed E-state index contributed by atoms with van der Waals surface area (Å²) >= 11 is 0. The molecule has 0 spiro atoms. The second-order valence-corrected chi connectivity index (χ2v) is 7.90. The molecule has 5 nitrogen and oxygen atoms in total. The Morgan fingerprint density at radius 3 is 2.52 bits per heavy atom. The van der Waals surface area contributed by atoms with Gasteiger partial charge in [-0.05, 0) is 43.9 Å². The lowest BCUT2D eigenvalue weighted by molar-refractivity contribution is 0.0498. The van der Waals surface area contributed by atoms with Crippen LogP contribution in [-0.4, -0.2) is 44.8 Å². The van der Waals surface area contributed by atoms with E-state index >= 15 is 0 Å². The molecule has 2 aromatic carbocycles. The molecule has 29 heavy (non-hydrogen) atoms. The van der Waals surface area contributed by atoms with Crippen molar-refractivity contribution in [3.05, 3.63) is 65.2 Å². The highest BCUT2D eigenvalue weighted by Gasteiger charge is 2.36. The number of methoxy groups -OCH3 is 1. The van der Waals surface area contributed by atoms with Gasteiger partial charge in [0, 0.05) is 37.8 Å². The number of aryl methyl sites for hydroxylation is 1. The molecular formula is C24H32N2O3. The second kappa shape index (κ2) is 9.31. The van der Waals surface area contributed by atoms with Crippen LogP contribution in [0.25, 0.3) is 0 Å². The molecule has 0 radical (unpaired) electrons. The molecule has 1 fully saturated rings. The van der Waals surface area contributed by atoms with Gasteiger partial charge in [0.05, 0.1) is 13.2 Å². The molecular weight excluding hydrogens is 364 g/mol. The van der Waals surface area contributed by atoms with Gasteiger partial charge in [0.25, 0.3) is 0 Å². The smallest absolute Gasteiger partial charge is 0.317 e. The number of carbonyl (C=O) groups excluding carboxylic acids is 1. The lowest BCUT2D eigenvalue weighted by atomic mass is 9.72. The van der Waals surface area contributed by atoms with E-state index in [1.807, 2.05) is 38.2 Å². The summed E-state index contributed by atoms with van der Waals surface area (Å²) in [5.74, 6) is 0.792. The molecule has 0 saturated carbocycles. The van der Waals surface area contributed by atoms with E-state index in [1.165, 1.54) is 11.1 Å². The van der Waals surface area contributed by atoms with E-state index in [9.17, 15) is 4.79 Å². The minimum absolute atomic E-state index is 0.0807. The quantitative estimate of drug-likeness (QED) is 0.785. The predicted octanol–water partition coefficient (Wildman–Crippen LogP) is 4.45. The summed E-state index contributed by atoms with van der Waals surface area (Å²) in [6.07, 6.45) is 1.81. The van der Waals surface area contributed by atoms with Crippen molar-refractivity contribution < 1.29 is 14.3 Å². The van der Waals surface area contributed by atoms with E-state index in [2.05, 4.69) is 36.5 Å². The third-order valence-electron chi connectivity index (χ3n) is 6.23. The van der Waals surface area contributed by atoms with Crippen LogP contribution in [0.2, 0.25) is 0 Å². The average Bonchev–Trinajstić information content (AvgIpc) is 2.77. The van der Waals surface area contributed by atoms with Crippen molar-refractivity contribution >= 4 is 6.03 Å². The summed E-state index contributed by atoms with van der Waals surface area (Å²) in [7, 11) is 3.49.